The lowest BCUT2D eigenvalue weighted by atomic mass is 10.1. The van der Waals surface area contributed by atoms with Crippen molar-refractivity contribution in [2.45, 2.75) is 12.8 Å². The number of nitrogens with one attached hydrogen (secondary N) is 1. The van der Waals surface area contributed by atoms with Crippen LogP contribution in [0.5, 0.6) is 5.75 Å². The van der Waals surface area contributed by atoms with E-state index in [1.54, 1.807) is 18.4 Å². The van der Waals surface area contributed by atoms with Gasteiger partial charge in [-0.3, -0.25) is 9.52 Å². The molecule has 0 aromatic heterocycles. The van der Waals surface area contributed by atoms with E-state index in [0.29, 0.717) is 6.61 Å². The van der Waals surface area contributed by atoms with Gasteiger partial charge in [0.15, 0.2) is 0 Å². The summed E-state index contributed by atoms with van der Waals surface area (Å²) in [7, 11) is 3.53. The van der Waals surface area contributed by atoms with Gasteiger partial charge in [0.25, 0.3) is 5.91 Å². The molecule has 2 aromatic rings. The van der Waals surface area contributed by atoms with Gasteiger partial charge in [-0.25, -0.2) is 8.70 Å². The molecule has 134 valence electrons. The van der Waals surface area contributed by atoms with Gasteiger partial charge in [-0.05, 0) is 38.6 Å². The van der Waals surface area contributed by atoms with Crippen LogP contribution in [0.1, 0.15) is 22.3 Å². The minimum absolute atomic E-state index is 0.115. The lowest BCUT2D eigenvalue weighted by Gasteiger charge is -2.12. The highest BCUT2D eigenvalue weighted by molar-refractivity contribution is 7.95. The minimum atomic E-state index is -0.667. The second-order valence-corrected chi connectivity index (χ2v) is 7.06. The van der Waals surface area contributed by atoms with Gasteiger partial charge < -0.3 is 4.74 Å². The Morgan fingerprint density at radius 3 is 2.68 bits per heavy atom. The predicted molar refractivity (Wildman–Crippen MR) is 100 cm³/mol. The van der Waals surface area contributed by atoms with Crippen molar-refractivity contribution in [2.75, 3.05) is 20.7 Å². The van der Waals surface area contributed by atoms with Gasteiger partial charge in [-0.1, -0.05) is 41.9 Å². The van der Waals surface area contributed by atoms with Crippen LogP contribution in [0.3, 0.4) is 0 Å². The molecule has 1 amide bonds. The second kappa shape index (κ2) is 9.65. The number of hydrogen-bond donors (Lipinski definition) is 1. The Bertz CT molecular complexity index is 714. The summed E-state index contributed by atoms with van der Waals surface area (Å²) < 4.78 is 23.9. The highest BCUT2D eigenvalue weighted by Crippen LogP contribution is 2.28. The molecule has 2 aromatic carbocycles. The molecule has 7 heteroatoms. The van der Waals surface area contributed by atoms with Crippen LogP contribution in [0.4, 0.5) is 4.39 Å². The van der Waals surface area contributed by atoms with Crippen molar-refractivity contribution in [3.63, 3.8) is 0 Å². The van der Waals surface area contributed by atoms with E-state index in [9.17, 15) is 9.18 Å². The molecule has 0 aliphatic rings. The summed E-state index contributed by atoms with van der Waals surface area (Å²) >= 11 is 7.18. The van der Waals surface area contributed by atoms with Crippen molar-refractivity contribution in [2.24, 2.45) is 0 Å². The lowest BCUT2D eigenvalue weighted by Crippen LogP contribution is -2.21. The molecule has 0 heterocycles. The molecule has 0 saturated heterocycles. The van der Waals surface area contributed by atoms with Crippen LogP contribution in [0, 0.1) is 5.82 Å². The summed E-state index contributed by atoms with van der Waals surface area (Å²) in [5.74, 6) is -0.975. The van der Waals surface area contributed by atoms with E-state index in [4.69, 9.17) is 16.3 Å². The zero-order chi connectivity index (χ0) is 18.2. The fourth-order valence-electron chi connectivity index (χ4n) is 2.10. The molecule has 2 rings (SSSR count). The topological polar surface area (TPSA) is 41.6 Å². The molecular weight excluding hydrogens is 363 g/mol. The Labute approximate surface area is 156 Å². The molecule has 0 saturated carbocycles. The molecule has 0 spiro atoms. The third-order valence-electron chi connectivity index (χ3n) is 3.30. The summed E-state index contributed by atoms with van der Waals surface area (Å²) in [6.45, 7) is 0.413. The van der Waals surface area contributed by atoms with Crippen LogP contribution < -0.4 is 9.46 Å². The van der Waals surface area contributed by atoms with Gasteiger partial charge in [-0.2, -0.15) is 0 Å². The third kappa shape index (κ3) is 6.23. The molecule has 0 aliphatic carbocycles. The average molecular weight is 383 g/mol. The van der Waals surface area contributed by atoms with Gasteiger partial charge >= 0.3 is 0 Å². The molecule has 1 N–H and O–H groups in total. The fraction of sp³-hybridized carbons (Fsp3) is 0.278. The minimum Gasteiger partial charge on any atom is -0.492 e. The Morgan fingerprint density at radius 2 is 2.00 bits per heavy atom. The molecule has 0 atom stereocenters. The van der Waals surface area contributed by atoms with Crippen molar-refractivity contribution in [1.82, 2.24) is 9.03 Å². The van der Waals surface area contributed by atoms with Gasteiger partial charge in [0.05, 0.1) is 17.2 Å². The number of carbonyl (C=O) groups excluding carboxylic acids is 1. The average Bonchev–Trinajstić information content (AvgIpc) is 2.60. The molecule has 0 aliphatic heterocycles. The molecule has 0 unspecified atom stereocenters. The maximum absolute atomic E-state index is 14.2. The number of benzene rings is 2. The molecular formula is C18H20ClFN2O2S. The standard InChI is InChI=1S/C18H20ClFN2O2S/c1-22(2)25-21-18(23)14-11-15(19)17(12-16(14)20)24-10-6-9-13-7-4-3-5-8-13/h3-5,7-8,11-12H,6,9-10H2,1-2H3,(H,21,23). The SMILES string of the molecule is CN(C)SNC(=O)c1cc(Cl)c(OCCCc2ccccc2)cc1F. The number of hydrogen-bond acceptors (Lipinski definition) is 4. The largest absolute Gasteiger partial charge is 0.492 e. The zero-order valence-corrected chi connectivity index (χ0v) is 15.7. The van der Waals surface area contributed by atoms with E-state index in [1.807, 2.05) is 30.3 Å². The van der Waals surface area contributed by atoms with Crippen molar-refractivity contribution in [3.05, 3.63) is 64.4 Å². The van der Waals surface area contributed by atoms with E-state index < -0.39 is 11.7 Å². The fourth-order valence-corrected chi connectivity index (χ4v) is 2.70. The summed E-state index contributed by atoms with van der Waals surface area (Å²) in [5, 5.41) is 0.209. The maximum Gasteiger partial charge on any atom is 0.265 e. The Kier molecular flexibility index (Phi) is 7.55. The summed E-state index contributed by atoms with van der Waals surface area (Å²) in [5.41, 5.74) is 1.10. The van der Waals surface area contributed by atoms with Crippen LogP contribution in [-0.2, 0) is 6.42 Å². The number of nitrogens with zero attached hydrogens (tertiary/aromatic N) is 1. The van der Waals surface area contributed by atoms with E-state index in [1.165, 1.54) is 11.6 Å². The lowest BCUT2D eigenvalue weighted by molar-refractivity contribution is 0.0979. The van der Waals surface area contributed by atoms with Crippen molar-refractivity contribution < 1.29 is 13.9 Å². The maximum atomic E-state index is 14.2. The van der Waals surface area contributed by atoms with Crippen molar-refractivity contribution >= 4 is 29.6 Å². The highest BCUT2D eigenvalue weighted by Gasteiger charge is 2.16. The van der Waals surface area contributed by atoms with E-state index in [2.05, 4.69) is 4.72 Å². The van der Waals surface area contributed by atoms with Crippen molar-refractivity contribution in [3.8, 4) is 5.75 Å². The monoisotopic (exact) mass is 382 g/mol. The summed E-state index contributed by atoms with van der Waals surface area (Å²) in [4.78, 5) is 12.0. The quantitative estimate of drug-likeness (QED) is 0.544. The molecule has 0 fully saturated rings. The van der Waals surface area contributed by atoms with E-state index >= 15 is 0 Å². The third-order valence-corrected chi connectivity index (χ3v) is 4.23. The summed E-state index contributed by atoms with van der Waals surface area (Å²) in [6.07, 6.45) is 1.65. The van der Waals surface area contributed by atoms with Crippen LogP contribution in [0.25, 0.3) is 0 Å². The smallest absolute Gasteiger partial charge is 0.265 e. The first-order valence-electron chi connectivity index (χ1n) is 7.77. The number of carbonyl (C=O) groups is 1. The summed E-state index contributed by atoms with van der Waals surface area (Å²) in [6, 6.07) is 12.5. The van der Waals surface area contributed by atoms with Crippen LogP contribution in [0.2, 0.25) is 5.02 Å². The number of aryl methyl sites for hydroxylation is 1. The van der Waals surface area contributed by atoms with E-state index in [-0.39, 0.29) is 16.3 Å². The molecule has 0 radical (unpaired) electrons. The van der Waals surface area contributed by atoms with Crippen LogP contribution in [-0.4, -0.2) is 30.9 Å². The first kappa shape index (κ1) is 19.6. The molecule has 4 nitrogen and oxygen atoms in total. The number of amides is 1. The second-order valence-electron chi connectivity index (χ2n) is 5.53. The van der Waals surface area contributed by atoms with Crippen LogP contribution >= 0.6 is 23.7 Å². The zero-order valence-electron chi connectivity index (χ0n) is 14.1. The Balaban J connectivity index is 1.91. The van der Waals surface area contributed by atoms with Gasteiger partial charge in [0, 0.05) is 18.2 Å². The Hall–Kier alpha value is -1.76. The number of ether oxygens (including phenoxy) is 1. The van der Waals surface area contributed by atoms with Gasteiger partial charge in [0.1, 0.15) is 11.6 Å². The normalized spacial score (nSPS) is 10.8. The Morgan fingerprint density at radius 1 is 1.28 bits per heavy atom. The predicted octanol–water partition coefficient (Wildman–Crippen LogP) is 4.35. The first-order chi connectivity index (χ1) is 12.0. The van der Waals surface area contributed by atoms with Gasteiger partial charge in [-0.15, -0.1) is 0 Å². The molecule has 0 bridgehead atoms. The first-order valence-corrected chi connectivity index (χ1v) is 8.93. The highest BCUT2D eigenvalue weighted by atomic mass is 35.5. The number of rotatable bonds is 8. The van der Waals surface area contributed by atoms with E-state index in [0.717, 1.165) is 31.0 Å². The van der Waals surface area contributed by atoms with Crippen LogP contribution in [0.15, 0.2) is 42.5 Å². The molecule has 25 heavy (non-hydrogen) atoms. The number of halogens is 2. The van der Waals surface area contributed by atoms with Gasteiger partial charge in [0.2, 0.25) is 0 Å². The van der Waals surface area contributed by atoms with Crippen molar-refractivity contribution in [1.29, 1.82) is 0 Å².